The summed E-state index contributed by atoms with van der Waals surface area (Å²) in [6, 6.07) is 6.02. The van der Waals surface area contributed by atoms with Crippen molar-refractivity contribution in [2.24, 2.45) is 0 Å². The summed E-state index contributed by atoms with van der Waals surface area (Å²) in [5.41, 5.74) is 0. The van der Waals surface area contributed by atoms with Gasteiger partial charge in [0.25, 0.3) is 0 Å². The number of aromatic nitrogens is 1. The Morgan fingerprint density at radius 3 is 2.83 bits per heavy atom. The van der Waals surface area contributed by atoms with E-state index in [0.29, 0.717) is 5.39 Å². The fourth-order valence-corrected chi connectivity index (χ4v) is 1.10. The molecule has 0 aliphatic carbocycles. The molecule has 1 heterocycles. The molecule has 3 heteroatoms. The van der Waals surface area contributed by atoms with Gasteiger partial charge in [-0.3, -0.25) is 0 Å². The number of pyridine rings is 1. The van der Waals surface area contributed by atoms with Gasteiger partial charge in [0, 0.05) is 17.6 Å². The molecule has 0 atom stereocenters. The van der Waals surface area contributed by atoms with Gasteiger partial charge in [0.15, 0.2) is 0 Å². The second-order valence-electron chi connectivity index (χ2n) is 2.54. The number of phenols is 1. The number of halogens is 1. The van der Waals surface area contributed by atoms with E-state index in [9.17, 15) is 4.39 Å². The largest absolute Gasteiger partial charge is 0.508 e. The molecule has 0 saturated carbocycles. The predicted octanol–water partition coefficient (Wildman–Crippen LogP) is 2.08. The second kappa shape index (κ2) is 2.44. The van der Waals surface area contributed by atoms with Crippen molar-refractivity contribution in [2.45, 2.75) is 0 Å². The minimum atomic E-state index is -0.534. The normalized spacial score (nSPS) is 10.4. The molecule has 2 aromatic rings. The van der Waals surface area contributed by atoms with Gasteiger partial charge in [-0.05, 0) is 23.6 Å². The summed E-state index contributed by atoms with van der Waals surface area (Å²) in [6.07, 6.45) is 1.43. The second-order valence-corrected chi connectivity index (χ2v) is 2.54. The number of hydrogen-bond donors (Lipinski definition) is 1. The van der Waals surface area contributed by atoms with Gasteiger partial charge in [0.2, 0.25) is 5.95 Å². The molecular formula is C9H6FNO. The Bertz CT molecular complexity index is 391. The average Bonchev–Trinajstić information content (AvgIpc) is 2.03. The number of fused-ring (bicyclic) bond motifs is 1. The van der Waals surface area contributed by atoms with E-state index in [0.717, 1.165) is 5.39 Å². The van der Waals surface area contributed by atoms with E-state index in [1.165, 1.54) is 18.3 Å². The predicted molar refractivity (Wildman–Crippen MR) is 43.4 cm³/mol. The first kappa shape index (κ1) is 7.03. The molecule has 60 valence electrons. The molecule has 0 aliphatic rings. The maximum Gasteiger partial charge on any atom is 0.213 e. The standard InChI is InChI=1S/C9H6FNO/c10-9-4-7-3-8(12)2-1-6(7)5-11-9/h1-5,12H. The maximum absolute atomic E-state index is 12.6. The van der Waals surface area contributed by atoms with E-state index in [1.54, 1.807) is 12.1 Å². The van der Waals surface area contributed by atoms with Gasteiger partial charge >= 0.3 is 0 Å². The SMILES string of the molecule is Oc1ccc2cnc(F)cc2c1. The number of aromatic hydroxyl groups is 1. The molecule has 2 rings (SSSR count). The van der Waals surface area contributed by atoms with Crippen molar-refractivity contribution in [2.75, 3.05) is 0 Å². The first-order chi connectivity index (χ1) is 5.75. The lowest BCUT2D eigenvalue weighted by molar-refractivity contribution is 0.476. The molecular weight excluding hydrogens is 157 g/mol. The summed E-state index contributed by atoms with van der Waals surface area (Å²) >= 11 is 0. The smallest absolute Gasteiger partial charge is 0.213 e. The molecule has 1 N–H and O–H groups in total. The molecule has 2 nitrogen and oxygen atoms in total. The van der Waals surface area contributed by atoms with Crippen LogP contribution in [-0.2, 0) is 0 Å². The zero-order valence-corrected chi connectivity index (χ0v) is 6.16. The first-order valence-corrected chi connectivity index (χ1v) is 3.50. The maximum atomic E-state index is 12.6. The van der Waals surface area contributed by atoms with Gasteiger partial charge in [0.1, 0.15) is 5.75 Å². The highest BCUT2D eigenvalue weighted by Gasteiger charge is 1.97. The molecule has 0 bridgehead atoms. The van der Waals surface area contributed by atoms with Crippen molar-refractivity contribution < 1.29 is 9.50 Å². The first-order valence-electron chi connectivity index (χ1n) is 3.50. The third kappa shape index (κ3) is 1.09. The summed E-state index contributed by atoms with van der Waals surface area (Å²) in [6.45, 7) is 0. The Hall–Kier alpha value is -1.64. The van der Waals surface area contributed by atoms with Crippen LogP contribution in [0.3, 0.4) is 0 Å². The Kier molecular flexibility index (Phi) is 1.43. The monoisotopic (exact) mass is 163 g/mol. The van der Waals surface area contributed by atoms with E-state index in [-0.39, 0.29) is 5.75 Å². The lowest BCUT2D eigenvalue weighted by atomic mass is 10.2. The molecule has 0 unspecified atom stereocenters. The van der Waals surface area contributed by atoms with Crippen LogP contribution in [0.5, 0.6) is 5.75 Å². The molecule has 0 fully saturated rings. The lowest BCUT2D eigenvalue weighted by Crippen LogP contribution is -1.81. The zero-order chi connectivity index (χ0) is 8.55. The van der Waals surface area contributed by atoms with Crippen LogP contribution in [0.15, 0.2) is 30.5 Å². The van der Waals surface area contributed by atoms with Crippen LogP contribution in [0.4, 0.5) is 4.39 Å². The fraction of sp³-hybridized carbons (Fsp3) is 0. The van der Waals surface area contributed by atoms with E-state index in [4.69, 9.17) is 5.11 Å². The van der Waals surface area contributed by atoms with Crippen molar-refractivity contribution in [3.8, 4) is 5.75 Å². The van der Waals surface area contributed by atoms with Crippen molar-refractivity contribution in [1.29, 1.82) is 0 Å². The van der Waals surface area contributed by atoms with Crippen molar-refractivity contribution in [1.82, 2.24) is 4.98 Å². The van der Waals surface area contributed by atoms with Crippen LogP contribution in [0.2, 0.25) is 0 Å². The Balaban J connectivity index is 2.80. The third-order valence-electron chi connectivity index (χ3n) is 1.67. The quantitative estimate of drug-likeness (QED) is 0.603. The summed E-state index contributed by atoms with van der Waals surface area (Å²) < 4.78 is 12.6. The van der Waals surface area contributed by atoms with Gasteiger partial charge in [-0.1, -0.05) is 0 Å². The molecule has 1 aromatic carbocycles. The minimum Gasteiger partial charge on any atom is -0.508 e. The van der Waals surface area contributed by atoms with Crippen molar-refractivity contribution in [3.05, 3.63) is 36.4 Å². The summed E-state index contributed by atoms with van der Waals surface area (Å²) in [4.78, 5) is 3.49. The van der Waals surface area contributed by atoms with E-state index < -0.39 is 5.95 Å². The van der Waals surface area contributed by atoms with Gasteiger partial charge in [-0.2, -0.15) is 4.39 Å². The van der Waals surface area contributed by atoms with E-state index in [2.05, 4.69) is 4.98 Å². The zero-order valence-electron chi connectivity index (χ0n) is 6.16. The van der Waals surface area contributed by atoms with Crippen LogP contribution in [0, 0.1) is 5.95 Å². The van der Waals surface area contributed by atoms with Crippen LogP contribution in [0.25, 0.3) is 10.8 Å². The van der Waals surface area contributed by atoms with Gasteiger partial charge in [0.05, 0.1) is 0 Å². The lowest BCUT2D eigenvalue weighted by Gasteiger charge is -1.96. The summed E-state index contributed by atoms with van der Waals surface area (Å²) in [5.74, 6) is -0.402. The number of rotatable bonds is 0. The third-order valence-corrected chi connectivity index (χ3v) is 1.67. The van der Waals surface area contributed by atoms with Gasteiger partial charge in [-0.25, -0.2) is 4.98 Å². The Morgan fingerprint density at radius 2 is 2.00 bits per heavy atom. The van der Waals surface area contributed by atoms with E-state index in [1.807, 2.05) is 0 Å². The van der Waals surface area contributed by atoms with Crippen LogP contribution in [0.1, 0.15) is 0 Å². The molecule has 0 spiro atoms. The van der Waals surface area contributed by atoms with Gasteiger partial charge in [-0.15, -0.1) is 0 Å². The minimum absolute atomic E-state index is 0.133. The molecule has 0 aliphatic heterocycles. The highest BCUT2D eigenvalue weighted by molar-refractivity contribution is 5.82. The van der Waals surface area contributed by atoms with Crippen LogP contribution >= 0.6 is 0 Å². The number of phenolic OH excluding ortho intramolecular Hbond substituents is 1. The molecule has 0 saturated heterocycles. The Labute approximate surface area is 68.3 Å². The molecule has 12 heavy (non-hydrogen) atoms. The number of benzene rings is 1. The molecule has 0 amide bonds. The molecule has 0 radical (unpaired) electrons. The number of nitrogens with zero attached hydrogens (tertiary/aromatic N) is 1. The highest BCUT2D eigenvalue weighted by Crippen LogP contribution is 2.18. The average molecular weight is 163 g/mol. The topological polar surface area (TPSA) is 33.1 Å². The van der Waals surface area contributed by atoms with Crippen LogP contribution in [-0.4, -0.2) is 10.1 Å². The van der Waals surface area contributed by atoms with Gasteiger partial charge < -0.3 is 5.11 Å². The number of hydrogen-bond acceptors (Lipinski definition) is 2. The van der Waals surface area contributed by atoms with Crippen LogP contribution < -0.4 is 0 Å². The van der Waals surface area contributed by atoms with Crippen molar-refractivity contribution in [3.63, 3.8) is 0 Å². The van der Waals surface area contributed by atoms with Crippen molar-refractivity contribution >= 4 is 10.8 Å². The summed E-state index contributed by atoms with van der Waals surface area (Å²) in [7, 11) is 0. The van der Waals surface area contributed by atoms with E-state index >= 15 is 0 Å². The summed E-state index contributed by atoms with van der Waals surface area (Å²) in [5, 5.41) is 10.5. The fourth-order valence-electron chi connectivity index (χ4n) is 1.10. The Morgan fingerprint density at radius 1 is 1.17 bits per heavy atom. The molecule has 1 aromatic heterocycles. The highest BCUT2D eigenvalue weighted by atomic mass is 19.1.